The molecule has 0 saturated heterocycles. The van der Waals surface area contributed by atoms with Crippen molar-refractivity contribution in [2.75, 3.05) is 30.8 Å². The van der Waals surface area contributed by atoms with Gasteiger partial charge in [0.15, 0.2) is 0 Å². The first-order valence-corrected chi connectivity index (χ1v) is 6.95. The second kappa shape index (κ2) is 4.46. The van der Waals surface area contributed by atoms with E-state index in [2.05, 4.69) is 4.72 Å². The van der Waals surface area contributed by atoms with Gasteiger partial charge in [0, 0.05) is 27.2 Å². The molecule has 1 heterocycles. The smallest absolute Gasteiger partial charge is 0.301 e. The summed E-state index contributed by atoms with van der Waals surface area (Å²) >= 11 is 0. The Bertz CT molecular complexity index is 643. The Morgan fingerprint density at radius 2 is 2.00 bits per heavy atom. The number of nitrogens with zero attached hydrogens (tertiary/aromatic N) is 2. The lowest BCUT2D eigenvalue weighted by Crippen LogP contribution is -2.29. The first-order chi connectivity index (χ1) is 8.72. The van der Waals surface area contributed by atoms with Gasteiger partial charge < -0.3 is 4.90 Å². The molecular formula is C11H14FN3O3S. The Balaban J connectivity index is 2.41. The fourth-order valence-electron chi connectivity index (χ4n) is 1.79. The van der Waals surface area contributed by atoms with Gasteiger partial charge in [-0.1, -0.05) is 0 Å². The van der Waals surface area contributed by atoms with E-state index in [0.717, 1.165) is 10.4 Å². The van der Waals surface area contributed by atoms with Crippen LogP contribution in [0.5, 0.6) is 0 Å². The summed E-state index contributed by atoms with van der Waals surface area (Å²) in [6.45, 7) is 0. The number of fused-ring (bicyclic) bond motifs is 1. The highest BCUT2D eigenvalue weighted by Crippen LogP contribution is 2.32. The van der Waals surface area contributed by atoms with Gasteiger partial charge in [-0.2, -0.15) is 12.7 Å². The van der Waals surface area contributed by atoms with E-state index in [4.69, 9.17) is 0 Å². The first kappa shape index (κ1) is 13.8. The monoisotopic (exact) mass is 287 g/mol. The molecule has 1 N–H and O–H groups in total. The molecule has 6 nitrogen and oxygen atoms in total. The zero-order valence-electron chi connectivity index (χ0n) is 10.8. The summed E-state index contributed by atoms with van der Waals surface area (Å²) in [5.74, 6) is -0.868. The average molecular weight is 287 g/mol. The molecule has 1 amide bonds. The van der Waals surface area contributed by atoms with Crippen molar-refractivity contribution in [3.63, 3.8) is 0 Å². The molecule has 0 bridgehead atoms. The number of hydrogen-bond donors (Lipinski definition) is 1. The molecule has 19 heavy (non-hydrogen) atoms. The molecule has 0 saturated carbocycles. The molecule has 104 valence electrons. The Morgan fingerprint density at radius 3 is 2.58 bits per heavy atom. The Labute approximate surface area is 111 Å². The second-order valence-corrected chi connectivity index (χ2v) is 6.36. The van der Waals surface area contributed by atoms with Crippen LogP contribution in [0.1, 0.15) is 5.56 Å². The van der Waals surface area contributed by atoms with E-state index in [9.17, 15) is 17.6 Å². The number of benzene rings is 1. The van der Waals surface area contributed by atoms with Crippen molar-refractivity contribution in [2.45, 2.75) is 6.42 Å². The lowest BCUT2D eigenvalue weighted by atomic mass is 10.1. The topological polar surface area (TPSA) is 69.7 Å². The molecule has 8 heteroatoms. The van der Waals surface area contributed by atoms with Gasteiger partial charge in [0.1, 0.15) is 5.82 Å². The number of anilines is 2. The molecule has 1 aliphatic rings. The quantitative estimate of drug-likeness (QED) is 0.883. The number of halogens is 1. The van der Waals surface area contributed by atoms with Crippen molar-refractivity contribution in [3.8, 4) is 0 Å². The van der Waals surface area contributed by atoms with Gasteiger partial charge in [0.05, 0.1) is 17.8 Å². The minimum Gasteiger partial charge on any atom is -0.315 e. The summed E-state index contributed by atoms with van der Waals surface area (Å²) in [6.07, 6.45) is 0.142. The van der Waals surface area contributed by atoms with E-state index < -0.39 is 16.0 Å². The Morgan fingerprint density at radius 1 is 1.37 bits per heavy atom. The predicted octanol–water partition coefficient (Wildman–Crippen LogP) is 0.563. The van der Waals surface area contributed by atoms with E-state index >= 15 is 0 Å². The highest BCUT2D eigenvalue weighted by molar-refractivity contribution is 7.90. The fraction of sp³-hybridized carbons (Fsp3) is 0.364. The molecule has 0 radical (unpaired) electrons. The minimum absolute atomic E-state index is 0.142. The molecule has 1 aliphatic heterocycles. The highest BCUT2D eigenvalue weighted by atomic mass is 32.2. The maximum Gasteiger partial charge on any atom is 0.301 e. The van der Waals surface area contributed by atoms with E-state index in [1.54, 1.807) is 7.05 Å². The molecule has 0 atom stereocenters. The van der Waals surface area contributed by atoms with Crippen molar-refractivity contribution >= 4 is 27.5 Å². The normalized spacial score (nSPS) is 15.0. The molecule has 1 aromatic carbocycles. The third-order valence-corrected chi connectivity index (χ3v) is 4.40. The second-order valence-electron chi connectivity index (χ2n) is 4.48. The van der Waals surface area contributed by atoms with Gasteiger partial charge in [0.2, 0.25) is 5.91 Å². The average Bonchev–Trinajstić information content (AvgIpc) is 2.56. The van der Waals surface area contributed by atoms with Crippen LogP contribution in [0.15, 0.2) is 12.1 Å². The van der Waals surface area contributed by atoms with Gasteiger partial charge >= 0.3 is 10.2 Å². The number of amides is 1. The van der Waals surface area contributed by atoms with Crippen LogP contribution in [0.2, 0.25) is 0 Å². The third kappa shape index (κ3) is 2.41. The summed E-state index contributed by atoms with van der Waals surface area (Å²) in [6, 6.07) is 2.51. The van der Waals surface area contributed by atoms with Crippen LogP contribution in [-0.4, -0.2) is 39.8 Å². The summed E-state index contributed by atoms with van der Waals surface area (Å²) in [5, 5.41) is 0. The molecule has 0 aromatic heterocycles. The molecule has 0 unspecified atom stereocenters. The molecule has 0 spiro atoms. The van der Waals surface area contributed by atoms with E-state index in [1.807, 2.05) is 0 Å². The fourth-order valence-corrected chi connectivity index (χ4v) is 2.40. The molecular weight excluding hydrogens is 273 g/mol. The lowest BCUT2D eigenvalue weighted by Gasteiger charge is -2.15. The summed E-state index contributed by atoms with van der Waals surface area (Å²) < 4.78 is 40.2. The van der Waals surface area contributed by atoms with Crippen LogP contribution in [-0.2, 0) is 21.4 Å². The lowest BCUT2D eigenvalue weighted by molar-refractivity contribution is -0.117. The largest absolute Gasteiger partial charge is 0.315 e. The van der Waals surface area contributed by atoms with E-state index in [-0.39, 0.29) is 18.0 Å². The van der Waals surface area contributed by atoms with Crippen LogP contribution in [0, 0.1) is 5.82 Å². The SMILES string of the molecule is CN1C(=O)Cc2cc(NS(=O)(=O)N(C)C)c(F)cc21. The number of rotatable bonds is 3. The van der Waals surface area contributed by atoms with Crippen molar-refractivity contribution in [3.05, 3.63) is 23.5 Å². The standard InChI is InChI=1S/C11H14FN3O3S/c1-14(2)19(17,18)13-9-4-7-5-11(16)15(3)10(7)6-8(9)12/h4,6,13H,5H2,1-3H3. The van der Waals surface area contributed by atoms with Crippen LogP contribution >= 0.6 is 0 Å². The highest BCUT2D eigenvalue weighted by Gasteiger charge is 2.27. The number of likely N-dealkylation sites (N-methyl/N-ethyl adjacent to an activating group) is 1. The van der Waals surface area contributed by atoms with Gasteiger partial charge in [-0.25, -0.2) is 4.39 Å². The molecule has 0 fully saturated rings. The molecule has 2 rings (SSSR count). The van der Waals surface area contributed by atoms with Crippen LogP contribution < -0.4 is 9.62 Å². The zero-order valence-corrected chi connectivity index (χ0v) is 11.6. The van der Waals surface area contributed by atoms with Gasteiger partial charge in [-0.15, -0.1) is 0 Å². The van der Waals surface area contributed by atoms with Crippen LogP contribution in [0.3, 0.4) is 0 Å². The summed E-state index contributed by atoms with van der Waals surface area (Å²) in [5.41, 5.74) is 0.913. The van der Waals surface area contributed by atoms with Gasteiger partial charge in [0.25, 0.3) is 0 Å². The van der Waals surface area contributed by atoms with E-state index in [0.29, 0.717) is 11.3 Å². The summed E-state index contributed by atoms with van der Waals surface area (Å²) in [4.78, 5) is 12.9. The number of carbonyl (C=O) groups excluding carboxylic acids is 1. The van der Waals surface area contributed by atoms with Crippen LogP contribution in [0.25, 0.3) is 0 Å². The molecule has 0 aliphatic carbocycles. The van der Waals surface area contributed by atoms with Gasteiger partial charge in [-0.3, -0.25) is 9.52 Å². The number of hydrogen-bond acceptors (Lipinski definition) is 3. The minimum atomic E-state index is -3.77. The number of carbonyl (C=O) groups is 1. The Hall–Kier alpha value is -1.67. The third-order valence-electron chi connectivity index (χ3n) is 2.97. The zero-order chi connectivity index (χ0) is 14.4. The van der Waals surface area contributed by atoms with Crippen molar-refractivity contribution in [1.82, 2.24) is 4.31 Å². The van der Waals surface area contributed by atoms with E-state index in [1.165, 1.54) is 25.1 Å². The predicted molar refractivity (Wildman–Crippen MR) is 69.7 cm³/mol. The number of nitrogens with one attached hydrogen (secondary N) is 1. The van der Waals surface area contributed by atoms with Crippen LogP contribution in [0.4, 0.5) is 15.8 Å². The van der Waals surface area contributed by atoms with Crippen molar-refractivity contribution < 1.29 is 17.6 Å². The first-order valence-electron chi connectivity index (χ1n) is 5.51. The van der Waals surface area contributed by atoms with Crippen molar-refractivity contribution in [2.24, 2.45) is 0 Å². The van der Waals surface area contributed by atoms with Crippen molar-refractivity contribution in [1.29, 1.82) is 0 Å². The van der Waals surface area contributed by atoms with Gasteiger partial charge in [-0.05, 0) is 11.6 Å². The maximum atomic E-state index is 13.9. The molecule has 1 aromatic rings. The summed E-state index contributed by atoms with van der Waals surface area (Å²) in [7, 11) is 0.456. The maximum absolute atomic E-state index is 13.9. The Kier molecular flexibility index (Phi) is 3.23.